The molecule has 0 spiro atoms. The first-order valence-electron chi connectivity index (χ1n) is 11.7. The number of anilines is 1. The number of hydrogen-bond donors (Lipinski definition) is 2. The molecule has 2 N–H and O–H groups in total. The van der Waals surface area contributed by atoms with E-state index in [1.165, 1.54) is 18.6 Å². The lowest BCUT2D eigenvalue weighted by molar-refractivity contribution is 0.0684. The van der Waals surface area contributed by atoms with Crippen molar-refractivity contribution in [2.24, 2.45) is 5.92 Å². The van der Waals surface area contributed by atoms with Gasteiger partial charge in [0.05, 0.1) is 0 Å². The van der Waals surface area contributed by atoms with Gasteiger partial charge in [-0.15, -0.1) is 0 Å². The van der Waals surface area contributed by atoms with Gasteiger partial charge in [0.15, 0.2) is 5.82 Å². The fraction of sp³-hybridized carbons (Fsp3) is 0.296. The van der Waals surface area contributed by atoms with E-state index in [4.69, 9.17) is 11.6 Å². The van der Waals surface area contributed by atoms with Gasteiger partial charge in [-0.3, -0.25) is 0 Å². The molecule has 5 rings (SSSR count). The standard InChI is InChI=1S/C27H26ClFN4O2/c1-15-6-11-22(28)20(12-15)21-14-33(13-17-7-9-19(29)10-8-17)24-23(21)31-26(27(34)35)32-25(24)30-16(2)18-4-3-5-18/h6-12,14,16,18H,3-5,13H2,1-2H3,(H,34,35)(H,30,31,32)/t16-/m1/s1. The van der Waals surface area contributed by atoms with Crippen molar-refractivity contribution in [3.8, 4) is 11.1 Å². The second-order valence-corrected chi connectivity index (χ2v) is 9.71. The Morgan fingerprint density at radius 1 is 1.20 bits per heavy atom. The van der Waals surface area contributed by atoms with Gasteiger partial charge in [0.25, 0.3) is 0 Å². The summed E-state index contributed by atoms with van der Waals surface area (Å²) < 4.78 is 15.5. The number of nitrogens with zero attached hydrogens (tertiary/aromatic N) is 3. The van der Waals surface area contributed by atoms with Crippen molar-refractivity contribution in [1.29, 1.82) is 0 Å². The van der Waals surface area contributed by atoms with Crippen LogP contribution in [0.5, 0.6) is 0 Å². The van der Waals surface area contributed by atoms with E-state index in [2.05, 4.69) is 22.2 Å². The number of carbonyl (C=O) groups is 1. The van der Waals surface area contributed by atoms with E-state index in [-0.39, 0.29) is 17.7 Å². The number of aromatic nitrogens is 3. The van der Waals surface area contributed by atoms with Crippen LogP contribution >= 0.6 is 11.6 Å². The molecule has 0 bridgehead atoms. The molecule has 0 saturated heterocycles. The number of rotatable bonds is 7. The molecule has 8 heteroatoms. The molecule has 1 fully saturated rings. The Bertz CT molecular complexity index is 1410. The normalized spacial score (nSPS) is 14.6. The van der Waals surface area contributed by atoms with Crippen LogP contribution in [0.4, 0.5) is 10.2 Å². The lowest BCUT2D eigenvalue weighted by Gasteiger charge is -2.32. The molecule has 6 nitrogen and oxygen atoms in total. The average Bonchev–Trinajstić information content (AvgIpc) is 3.14. The summed E-state index contributed by atoms with van der Waals surface area (Å²) in [6, 6.07) is 12.2. The predicted octanol–water partition coefficient (Wildman–Crippen LogP) is 6.55. The second kappa shape index (κ2) is 9.30. The van der Waals surface area contributed by atoms with E-state index >= 15 is 0 Å². The van der Waals surface area contributed by atoms with E-state index in [0.29, 0.717) is 34.3 Å². The van der Waals surface area contributed by atoms with Gasteiger partial charge in [0.2, 0.25) is 5.82 Å². The number of carboxylic acids is 1. The zero-order chi connectivity index (χ0) is 24.7. The average molecular weight is 493 g/mol. The zero-order valence-electron chi connectivity index (χ0n) is 19.6. The van der Waals surface area contributed by atoms with Crippen LogP contribution in [0.15, 0.2) is 48.7 Å². The summed E-state index contributed by atoms with van der Waals surface area (Å²) in [5.41, 5.74) is 4.61. The van der Waals surface area contributed by atoms with Crippen LogP contribution in [-0.2, 0) is 6.54 Å². The van der Waals surface area contributed by atoms with E-state index in [1.807, 2.05) is 35.9 Å². The molecular weight excluding hydrogens is 467 g/mol. The maximum Gasteiger partial charge on any atom is 0.374 e. The minimum Gasteiger partial charge on any atom is -0.475 e. The summed E-state index contributed by atoms with van der Waals surface area (Å²) in [6.07, 6.45) is 5.39. The van der Waals surface area contributed by atoms with E-state index < -0.39 is 5.97 Å². The highest BCUT2D eigenvalue weighted by molar-refractivity contribution is 6.33. The number of halogens is 2. The second-order valence-electron chi connectivity index (χ2n) is 9.30. The molecule has 1 saturated carbocycles. The fourth-order valence-corrected chi connectivity index (χ4v) is 4.84. The molecular formula is C27H26ClFN4O2. The van der Waals surface area contributed by atoms with Crippen molar-refractivity contribution in [2.45, 2.75) is 45.7 Å². The number of carboxylic acid groups (broad SMARTS) is 1. The van der Waals surface area contributed by atoms with Gasteiger partial charge in [-0.25, -0.2) is 19.2 Å². The molecule has 180 valence electrons. The van der Waals surface area contributed by atoms with Gasteiger partial charge in [-0.05, 0) is 62.4 Å². The smallest absolute Gasteiger partial charge is 0.374 e. The Labute approximate surface area is 207 Å². The van der Waals surface area contributed by atoms with Crippen molar-refractivity contribution in [3.05, 3.63) is 76.5 Å². The van der Waals surface area contributed by atoms with E-state index in [9.17, 15) is 14.3 Å². The molecule has 1 aliphatic carbocycles. The molecule has 0 amide bonds. The van der Waals surface area contributed by atoms with Crippen LogP contribution < -0.4 is 5.32 Å². The summed E-state index contributed by atoms with van der Waals surface area (Å²) in [7, 11) is 0. The summed E-state index contributed by atoms with van der Waals surface area (Å²) in [5.74, 6) is -0.780. The third-order valence-electron chi connectivity index (χ3n) is 6.80. The van der Waals surface area contributed by atoms with Crippen molar-refractivity contribution < 1.29 is 14.3 Å². The van der Waals surface area contributed by atoms with Crippen molar-refractivity contribution in [3.63, 3.8) is 0 Å². The summed E-state index contributed by atoms with van der Waals surface area (Å²) in [6.45, 7) is 4.51. The Morgan fingerprint density at radius 2 is 1.94 bits per heavy atom. The topological polar surface area (TPSA) is 80.0 Å². The van der Waals surface area contributed by atoms with Crippen LogP contribution in [0.25, 0.3) is 22.2 Å². The highest BCUT2D eigenvalue weighted by atomic mass is 35.5. The fourth-order valence-electron chi connectivity index (χ4n) is 4.62. The Balaban J connectivity index is 1.73. The van der Waals surface area contributed by atoms with E-state index in [0.717, 1.165) is 35.1 Å². The quantitative estimate of drug-likeness (QED) is 0.306. The molecule has 0 aliphatic heterocycles. The largest absolute Gasteiger partial charge is 0.475 e. The monoisotopic (exact) mass is 492 g/mol. The van der Waals surface area contributed by atoms with Crippen molar-refractivity contribution >= 4 is 34.4 Å². The van der Waals surface area contributed by atoms with Crippen molar-refractivity contribution in [2.75, 3.05) is 5.32 Å². The van der Waals surface area contributed by atoms with Crippen LogP contribution in [0, 0.1) is 18.7 Å². The predicted molar refractivity (Wildman–Crippen MR) is 136 cm³/mol. The summed E-state index contributed by atoms with van der Waals surface area (Å²) >= 11 is 6.59. The highest BCUT2D eigenvalue weighted by Crippen LogP contribution is 2.38. The Hall–Kier alpha value is -3.45. The SMILES string of the molecule is Cc1ccc(Cl)c(-c2cn(Cc3ccc(F)cc3)c3c(N[C@H](C)C4CCC4)nc(C(=O)O)nc23)c1. The molecule has 1 atom stereocenters. The third kappa shape index (κ3) is 4.60. The van der Waals surface area contributed by atoms with Gasteiger partial charge in [0.1, 0.15) is 16.9 Å². The first-order chi connectivity index (χ1) is 16.8. The lowest BCUT2D eigenvalue weighted by atomic mass is 9.80. The number of benzene rings is 2. The number of nitrogens with one attached hydrogen (secondary N) is 1. The molecule has 0 unspecified atom stereocenters. The first-order valence-corrected chi connectivity index (χ1v) is 12.1. The molecule has 35 heavy (non-hydrogen) atoms. The van der Waals surface area contributed by atoms with Gasteiger partial charge in [-0.2, -0.15) is 0 Å². The highest BCUT2D eigenvalue weighted by Gasteiger charge is 2.27. The Morgan fingerprint density at radius 3 is 2.60 bits per heavy atom. The Kier molecular flexibility index (Phi) is 6.19. The van der Waals surface area contributed by atoms with Gasteiger partial charge in [0, 0.05) is 34.9 Å². The summed E-state index contributed by atoms with van der Waals surface area (Å²) in [4.78, 5) is 20.8. The molecule has 2 aromatic carbocycles. The molecule has 4 aromatic rings. The molecule has 2 heterocycles. The third-order valence-corrected chi connectivity index (χ3v) is 7.13. The molecule has 0 radical (unpaired) electrons. The van der Waals surface area contributed by atoms with Crippen LogP contribution in [0.1, 0.15) is 47.9 Å². The molecule has 1 aliphatic rings. The zero-order valence-corrected chi connectivity index (χ0v) is 20.3. The lowest BCUT2D eigenvalue weighted by Crippen LogP contribution is -2.31. The number of aromatic carboxylic acids is 1. The number of aryl methyl sites for hydroxylation is 1. The summed E-state index contributed by atoms with van der Waals surface area (Å²) in [5, 5.41) is 13.8. The minimum atomic E-state index is -1.20. The van der Waals surface area contributed by atoms with Gasteiger partial charge >= 0.3 is 5.97 Å². The van der Waals surface area contributed by atoms with E-state index in [1.54, 1.807) is 12.1 Å². The minimum absolute atomic E-state index is 0.128. The van der Waals surface area contributed by atoms with Crippen LogP contribution in [0.3, 0.4) is 0 Å². The van der Waals surface area contributed by atoms with Gasteiger partial charge in [-0.1, -0.05) is 41.8 Å². The first kappa shape index (κ1) is 23.3. The maximum atomic E-state index is 13.5. The van der Waals surface area contributed by atoms with Gasteiger partial charge < -0.3 is 15.0 Å². The number of hydrogen-bond acceptors (Lipinski definition) is 4. The van der Waals surface area contributed by atoms with Crippen LogP contribution in [-0.4, -0.2) is 31.7 Å². The van der Waals surface area contributed by atoms with Crippen LogP contribution in [0.2, 0.25) is 5.02 Å². The molecule has 2 aromatic heterocycles. The van der Waals surface area contributed by atoms with Crippen molar-refractivity contribution in [1.82, 2.24) is 14.5 Å². The maximum absolute atomic E-state index is 13.5. The number of fused-ring (bicyclic) bond motifs is 1.